The molecule has 0 spiro atoms. The van der Waals surface area contributed by atoms with Gasteiger partial charge >= 0.3 is 0 Å². The molecule has 53 heavy (non-hydrogen) atoms. The average molecular weight is 756 g/mol. The number of imidazole rings is 1. The van der Waals surface area contributed by atoms with Gasteiger partial charge in [-0.1, -0.05) is 187 Å². The van der Waals surface area contributed by atoms with E-state index in [-0.39, 0.29) is 0 Å². The number of tetrazole rings is 1. The van der Waals surface area contributed by atoms with E-state index >= 15 is 0 Å². The maximum Gasteiger partial charge on any atom is 0.184 e. The van der Waals surface area contributed by atoms with Gasteiger partial charge in [0, 0.05) is 28.6 Å². The van der Waals surface area contributed by atoms with Crippen molar-refractivity contribution in [3.63, 3.8) is 0 Å². The Morgan fingerprint density at radius 1 is 0.604 bits per heavy atom. The monoisotopic (exact) mass is 754 g/mol. The summed E-state index contributed by atoms with van der Waals surface area (Å²) in [5.74, 6) is 1.79. The maximum atomic E-state index is 4.89. The molecular formula is C46H39BrN6. The van der Waals surface area contributed by atoms with Gasteiger partial charge in [0.05, 0.1) is 11.9 Å². The van der Waals surface area contributed by atoms with Crippen LogP contribution >= 0.6 is 15.9 Å². The lowest BCUT2D eigenvalue weighted by Crippen LogP contribution is -2.39. The van der Waals surface area contributed by atoms with Crippen molar-refractivity contribution >= 4 is 15.9 Å². The van der Waals surface area contributed by atoms with Crippen LogP contribution in [-0.4, -0.2) is 29.8 Å². The molecule has 0 saturated heterocycles. The van der Waals surface area contributed by atoms with Gasteiger partial charge in [0.15, 0.2) is 5.82 Å². The summed E-state index contributed by atoms with van der Waals surface area (Å²) < 4.78 is 5.43. The summed E-state index contributed by atoms with van der Waals surface area (Å²) in [4.78, 5) is 4.89. The van der Waals surface area contributed by atoms with Gasteiger partial charge < -0.3 is 4.57 Å². The van der Waals surface area contributed by atoms with Crippen LogP contribution in [0.2, 0.25) is 0 Å². The molecule has 2 heterocycles. The number of aromatic nitrogens is 6. The van der Waals surface area contributed by atoms with Crippen molar-refractivity contribution in [1.82, 2.24) is 29.8 Å². The van der Waals surface area contributed by atoms with Crippen LogP contribution in [-0.2, 0) is 18.5 Å². The first kappa shape index (κ1) is 34.2. The summed E-state index contributed by atoms with van der Waals surface area (Å²) in [7, 11) is 0. The van der Waals surface area contributed by atoms with Crippen LogP contribution in [0.1, 0.15) is 47.8 Å². The normalized spacial score (nSPS) is 11.5. The smallest absolute Gasteiger partial charge is 0.184 e. The molecule has 0 amide bonds. The second kappa shape index (κ2) is 15.4. The Labute approximate surface area is 319 Å². The van der Waals surface area contributed by atoms with Gasteiger partial charge in [-0.15, -0.1) is 5.10 Å². The van der Waals surface area contributed by atoms with Crippen LogP contribution in [0.25, 0.3) is 33.8 Å². The zero-order valence-corrected chi connectivity index (χ0v) is 31.1. The molecule has 2 aromatic heterocycles. The average Bonchev–Trinajstić information content (AvgIpc) is 3.87. The third-order valence-corrected chi connectivity index (χ3v) is 10.7. The highest BCUT2D eigenvalue weighted by Crippen LogP contribution is 2.43. The summed E-state index contributed by atoms with van der Waals surface area (Å²) in [6.07, 6.45) is 5.18. The Kier molecular flexibility index (Phi) is 9.91. The molecular weight excluding hydrogens is 716 g/mol. The first-order valence-corrected chi connectivity index (χ1v) is 18.9. The van der Waals surface area contributed by atoms with Crippen molar-refractivity contribution in [1.29, 1.82) is 0 Å². The number of nitrogens with zero attached hydrogens (tertiary/aromatic N) is 6. The van der Waals surface area contributed by atoms with E-state index in [0.29, 0.717) is 5.82 Å². The molecule has 6 aromatic carbocycles. The van der Waals surface area contributed by atoms with Gasteiger partial charge in [0.1, 0.15) is 11.4 Å². The second-order valence-electron chi connectivity index (χ2n) is 13.2. The maximum absolute atomic E-state index is 4.89. The lowest BCUT2D eigenvalue weighted by atomic mass is 9.77. The summed E-state index contributed by atoms with van der Waals surface area (Å²) in [5, 5.41) is 13.9. The Morgan fingerprint density at radius 3 is 1.74 bits per heavy atom. The summed E-state index contributed by atoms with van der Waals surface area (Å²) in [6.45, 7) is 2.95. The summed E-state index contributed by atoms with van der Waals surface area (Å²) in [5.41, 5.74) is 8.90. The van der Waals surface area contributed by atoms with Crippen molar-refractivity contribution in [2.24, 2.45) is 0 Å². The summed E-state index contributed by atoms with van der Waals surface area (Å²) in [6, 6.07) is 57.2. The Hall–Kier alpha value is -5.92. The van der Waals surface area contributed by atoms with E-state index in [1.807, 2.05) is 35.1 Å². The molecule has 0 bridgehead atoms. The molecule has 0 unspecified atom stereocenters. The van der Waals surface area contributed by atoms with Crippen molar-refractivity contribution < 1.29 is 0 Å². The minimum atomic E-state index is -0.842. The Bertz CT molecular complexity index is 2320. The molecule has 8 aromatic rings. The van der Waals surface area contributed by atoms with Gasteiger partial charge in [0.2, 0.25) is 0 Å². The van der Waals surface area contributed by atoms with E-state index in [9.17, 15) is 0 Å². The Morgan fingerprint density at radius 2 is 1.15 bits per heavy atom. The number of unbranched alkanes of at least 4 members (excludes halogenated alkanes) is 1. The van der Waals surface area contributed by atoms with E-state index in [4.69, 9.17) is 15.3 Å². The minimum Gasteiger partial charge on any atom is -0.323 e. The molecule has 0 aliphatic carbocycles. The van der Waals surface area contributed by atoms with Crippen LogP contribution in [0.3, 0.4) is 0 Å². The predicted molar refractivity (Wildman–Crippen MR) is 216 cm³/mol. The molecule has 0 atom stereocenters. The van der Waals surface area contributed by atoms with Crippen LogP contribution in [0.4, 0.5) is 0 Å². The molecule has 0 N–H and O–H groups in total. The van der Waals surface area contributed by atoms with Gasteiger partial charge in [-0.3, -0.25) is 0 Å². The third-order valence-electron chi connectivity index (χ3n) is 9.98. The fraction of sp³-hybridized carbons (Fsp3) is 0.130. The van der Waals surface area contributed by atoms with E-state index in [1.54, 1.807) is 0 Å². The molecule has 6 nitrogen and oxygen atoms in total. The molecule has 0 saturated carbocycles. The molecule has 0 radical (unpaired) electrons. The lowest BCUT2D eigenvalue weighted by molar-refractivity contribution is 0.451. The van der Waals surface area contributed by atoms with Gasteiger partial charge in [-0.25, -0.2) is 9.67 Å². The predicted octanol–water partition coefficient (Wildman–Crippen LogP) is 10.9. The number of benzene rings is 6. The van der Waals surface area contributed by atoms with Gasteiger partial charge in [0.25, 0.3) is 0 Å². The van der Waals surface area contributed by atoms with Crippen LogP contribution in [0, 0.1) is 0 Å². The SMILES string of the molecule is CCCCc1ncc(-c2ccccc2Br)n1Cc1ccc(-c2ccccc2-c2nnnn2C(c2ccccc2)(c2ccccc2)c2ccccc2)cc1. The van der Waals surface area contributed by atoms with E-state index in [2.05, 4.69) is 172 Å². The van der Waals surface area contributed by atoms with Gasteiger partial charge in [-0.05, 0) is 56.3 Å². The number of hydrogen-bond acceptors (Lipinski definition) is 4. The fourth-order valence-electron chi connectivity index (χ4n) is 7.40. The molecule has 0 aliphatic heterocycles. The molecule has 7 heteroatoms. The van der Waals surface area contributed by atoms with Crippen LogP contribution in [0.5, 0.6) is 0 Å². The fourth-order valence-corrected chi connectivity index (χ4v) is 7.88. The highest BCUT2D eigenvalue weighted by atomic mass is 79.9. The molecule has 0 aliphatic rings. The molecule has 0 fully saturated rings. The third kappa shape index (κ3) is 6.53. The number of rotatable bonds is 12. The highest BCUT2D eigenvalue weighted by Gasteiger charge is 2.42. The quantitative estimate of drug-likeness (QED) is 0.117. The second-order valence-corrected chi connectivity index (χ2v) is 14.0. The zero-order valence-electron chi connectivity index (χ0n) is 29.6. The minimum absolute atomic E-state index is 0.679. The molecule has 260 valence electrons. The van der Waals surface area contributed by atoms with E-state index in [1.165, 1.54) is 5.56 Å². The van der Waals surface area contributed by atoms with Crippen LogP contribution < -0.4 is 0 Å². The van der Waals surface area contributed by atoms with Crippen LogP contribution in [0.15, 0.2) is 174 Å². The standard InChI is InChI=1S/C46H39BrN6/c1-2-3-27-44-48-32-43(41-25-15-16-26-42(41)47)52(44)33-34-28-30-35(31-29-34)39-23-13-14-24-40(39)45-49-50-51-53(45)46(36-17-7-4-8-18-36,37-19-9-5-10-20-37)38-21-11-6-12-22-38/h4-26,28-32H,2-3,27,33H2,1H3. The number of hydrogen-bond donors (Lipinski definition) is 0. The molecule has 8 rings (SSSR count). The van der Waals surface area contributed by atoms with Crippen molar-refractivity contribution in [3.05, 3.63) is 203 Å². The number of halogens is 1. The lowest BCUT2D eigenvalue weighted by Gasteiger charge is -2.36. The first-order chi connectivity index (χ1) is 26.2. The first-order valence-electron chi connectivity index (χ1n) is 18.1. The van der Waals surface area contributed by atoms with E-state index in [0.717, 1.165) is 80.7 Å². The van der Waals surface area contributed by atoms with E-state index < -0.39 is 5.54 Å². The van der Waals surface area contributed by atoms with Gasteiger partial charge in [-0.2, -0.15) is 0 Å². The zero-order chi connectivity index (χ0) is 36.0. The highest BCUT2D eigenvalue weighted by molar-refractivity contribution is 9.10. The van der Waals surface area contributed by atoms with Crippen molar-refractivity contribution in [2.75, 3.05) is 0 Å². The largest absolute Gasteiger partial charge is 0.323 e. The van der Waals surface area contributed by atoms with Crippen molar-refractivity contribution in [3.8, 4) is 33.8 Å². The topological polar surface area (TPSA) is 61.4 Å². The summed E-state index contributed by atoms with van der Waals surface area (Å²) >= 11 is 3.77. The Balaban J connectivity index is 1.22. The number of aryl methyl sites for hydroxylation is 1. The van der Waals surface area contributed by atoms with Crippen molar-refractivity contribution in [2.45, 2.75) is 38.3 Å².